The third-order valence-electron chi connectivity index (χ3n) is 5.70. The molecule has 3 fully saturated rings. The van der Waals surface area contributed by atoms with Crippen LogP contribution in [0.3, 0.4) is 0 Å². The summed E-state index contributed by atoms with van der Waals surface area (Å²) in [5.74, 6) is 0. The van der Waals surface area contributed by atoms with E-state index in [4.69, 9.17) is 9.47 Å². The Morgan fingerprint density at radius 3 is 2.50 bits per heavy atom. The number of ether oxygens (including phenoxy) is 2. The van der Waals surface area contributed by atoms with Crippen LogP contribution in [0.5, 0.6) is 0 Å². The fourth-order valence-corrected chi connectivity index (χ4v) is 4.03. The van der Waals surface area contributed by atoms with Gasteiger partial charge in [0, 0.05) is 38.3 Å². The average Bonchev–Trinajstić information content (AvgIpc) is 2.62. The minimum Gasteiger partial charge on any atom is -0.379 e. The van der Waals surface area contributed by atoms with Crippen LogP contribution in [0.25, 0.3) is 0 Å². The maximum atomic E-state index is 12.6. The molecule has 0 radical (unpaired) electrons. The molecule has 3 saturated heterocycles. The number of carbonyl (C=O) groups is 1. The number of urea groups is 1. The van der Waals surface area contributed by atoms with E-state index in [-0.39, 0.29) is 17.7 Å². The number of nitrogens with one attached hydrogen (secondary N) is 1. The van der Waals surface area contributed by atoms with Gasteiger partial charge in [-0.25, -0.2) is 4.79 Å². The zero-order chi connectivity index (χ0) is 17.0. The van der Waals surface area contributed by atoms with E-state index in [0.717, 1.165) is 58.8 Å². The average molecular weight is 340 g/mol. The second-order valence-electron chi connectivity index (χ2n) is 7.41. The number of hydrogen-bond acceptors (Lipinski definition) is 5. The van der Waals surface area contributed by atoms with E-state index in [1.54, 1.807) is 0 Å². The van der Waals surface area contributed by atoms with Gasteiger partial charge in [-0.2, -0.15) is 0 Å². The van der Waals surface area contributed by atoms with E-state index in [2.05, 4.69) is 22.2 Å². The molecule has 0 aromatic carbocycles. The van der Waals surface area contributed by atoms with Gasteiger partial charge in [-0.05, 0) is 39.9 Å². The standard InChI is InChI=1S/C17H32N4O3/c1-15-13-20(7-12-24-15)16(22)18-14-17(3-5-19(2)6-4-17)21-8-10-23-11-9-21/h15H,3-14H2,1-2H3,(H,18,22). The molecule has 0 saturated carbocycles. The van der Waals surface area contributed by atoms with Gasteiger partial charge in [0.1, 0.15) is 0 Å². The molecule has 0 aromatic rings. The summed E-state index contributed by atoms with van der Waals surface area (Å²) < 4.78 is 11.1. The smallest absolute Gasteiger partial charge is 0.317 e. The highest BCUT2D eigenvalue weighted by molar-refractivity contribution is 5.74. The number of carbonyl (C=O) groups excluding carboxylic acids is 1. The third-order valence-corrected chi connectivity index (χ3v) is 5.70. The van der Waals surface area contributed by atoms with Crippen LogP contribution in [-0.4, -0.2) is 105 Å². The molecule has 0 spiro atoms. The predicted octanol–water partition coefficient (Wildman–Crippen LogP) is 0.213. The van der Waals surface area contributed by atoms with Gasteiger partial charge < -0.3 is 24.6 Å². The van der Waals surface area contributed by atoms with Crippen molar-refractivity contribution in [2.75, 3.05) is 72.7 Å². The Morgan fingerprint density at radius 1 is 1.12 bits per heavy atom. The Kier molecular flexibility index (Phi) is 5.97. The zero-order valence-electron chi connectivity index (χ0n) is 15.1. The first-order valence-electron chi connectivity index (χ1n) is 9.25. The van der Waals surface area contributed by atoms with E-state index >= 15 is 0 Å². The topological polar surface area (TPSA) is 57.3 Å². The van der Waals surface area contributed by atoms with E-state index < -0.39 is 0 Å². The summed E-state index contributed by atoms with van der Waals surface area (Å²) in [6.45, 7) is 10.4. The summed E-state index contributed by atoms with van der Waals surface area (Å²) in [6.07, 6.45) is 2.33. The van der Waals surface area contributed by atoms with E-state index in [1.807, 2.05) is 11.8 Å². The van der Waals surface area contributed by atoms with Gasteiger partial charge in [-0.1, -0.05) is 0 Å². The maximum absolute atomic E-state index is 12.6. The van der Waals surface area contributed by atoms with Crippen molar-refractivity contribution in [1.29, 1.82) is 0 Å². The summed E-state index contributed by atoms with van der Waals surface area (Å²) in [6, 6.07) is 0.0525. The molecule has 7 heteroatoms. The molecule has 0 bridgehead atoms. The lowest BCUT2D eigenvalue weighted by molar-refractivity contribution is -0.0447. The van der Waals surface area contributed by atoms with Gasteiger partial charge in [-0.15, -0.1) is 0 Å². The monoisotopic (exact) mass is 340 g/mol. The van der Waals surface area contributed by atoms with Gasteiger partial charge >= 0.3 is 6.03 Å². The summed E-state index contributed by atoms with van der Waals surface area (Å²) in [7, 11) is 2.18. The van der Waals surface area contributed by atoms with Gasteiger partial charge in [0.15, 0.2) is 0 Å². The molecule has 0 aliphatic carbocycles. The molecule has 3 aliphatic heterocycles. The molecule has 3 rings (SSSR count). The molecule has 1 N–H and O–H groups in total. The summed E-state index contributed by atoms with van der Waals surface area (Å²) in [5, 5.41) is 3.23. The van der Waals surface area contributed by atoms with Crippen molar-refractivity contribution in [3.8, 4) is 0 Å². The Bertz CT molecular complexity index is 420. The molecule has 24 heavy (non-hydrogen) atoms. The van der Waals surface area contributed by atoms with E-state index in [9.17, 15) is 4.79 Å². The van der Waals surface area contributed by atoms with Crippen molar-refractivity contribution in [2.45, 2.75) is 31.4 Å². The largest absolute Gasteiger partial charge is 0.379 e. The zero-order valence-corrected chi connectivity index (χ0v) is 15.1. The van der Waals surface area contributed by atoms with E-state index in [1.165, 1.54) is 0 Å². The Morgan fingerprint density at radius 2 is 1.83 bits per heavy atom. The molecule has 0 aromatic heterocycles. The number of morpholine rings is 2. The first-order chi connectivity index (χ1) is 11.6. The fraction of sp³-hybridized carbons (Fsp3) is 0.941. The molecule has 7 nitrogen and oxygen atoms in total. The van der Waals surface area contributed by atoms with Crippen molar-refractivity contribution >= 4 is 6.03 Å². The Labute approximate surface area is 145 Å². The molecule has 1 atom stereocenters. The number of piperidine rings is 1. The quantitative estimate of drug-likeness (QED) is 0.796. The van der Waals surface area contributed by atoms with Crippen LogP contribution in [-0.2, 0) is 9.47 Å². The number of rotatable bonds is 3. The lowest BCUT2D eigenvalue weighted by Gasteiger charge is -2.50. The third kappa shape index (κ3) is 4.20. The highest BCUT2D eigenvalue weighted by Crippen LogP contribution is 2.29. The van der Waals surface area contributed by atoms with Gasteiger partial charge in [-0.3, -0.25) is 4.90 Å². The molecule has 3 aliphatic rings. The molecular weight excluding hydrogens is 308 g/mol. The SMILES string of the molecule is CC1CN(C(=O)NCC2(N3CCOCC3)CCN(C)CC2)CCO1. The minimum atomic E-state index is 0.0525. The second-order valence-corrected chi connectivity index (χ2v) is 7.41. The van der Waals surface area contributed by atoms with Crippen molar-refractivity contribution in [3.63, 3.8) is 0 Å². The number of hydrogen-bond donors (Lipinski definition) is 1. The normalized spacial score (nSPS) is 29.4. The van der Waals surface area contributed by atoms with Gasteiger partial charge in [0.25, 0.3) is 0 Å². The number of nitrogens with zero attached hydrogens (tertiary/aromatic N) is 3. The molecule has 3 heterocycles. The van der Waals surface area contributed by atoms with Crippen molar-refractivity contribution in [3.05, 3.63) is 0 Å². The molecular formula is C17H32N4O3. The maximum Gasteiger partial charge on any atom is 0.317 e. The van der Waals surface area contributed by atoms with E-state index in [0.29, 0.717) is 19.7 Å². The van der Waals surface area contributed by atoms with Crippen LogP contribution < -0.4 is 5.32 Å². The Balaban J connectivity index is 1.60. The number of amides is 2. The van der Waals surface area contributed by atoms with Crippen molar-refractivity contribution in [1.82, 2.24) is 20.0 Å². The van der Waals surface area contributed by atoms with Crippen LogP contribution in [0.15, 0.2) is 0 Å². The predicted molar refractivity (Wildman–Crippen MR) is 92.2 cm³/mol. The molecule has 2 amide bonds. The van der Waals surface area contributed by atoms with Crippen LogP contribution in [0.2, 0.25) is 0 Å². The van der Waals surface area contributed by atoms with Crippen molar-refractivity contribution < 1.29 is 14.3 Å². The summed E-state index contributed by atoms with van der Waals surface area (Å²) >= 11 is 0. The lowest BCUT2D eigenvalue weighted by atomic mass is 9.85. The van der Waals surface area contributed by atoms with Crippen LogP contribution in [0.1, 0.15) is 19.8 Å². The number of likely N-dealkylation sites (tertiary alicyclic amines) is 1. The van der Waals surface area contributed by atoms with Crippen LogP contribution in [0, 0.1) is 0 Å². The lowest BCUT2D eigenvalue weighted by Crippen LogP contribution is -2.63. The Hall–Kier alpha value is -0.890. The summed E-state index contributed by atoms with van der Waals surface area (Å²) in [4.78, 5) is 19.4. The van der Waals surface area contributed by atoms with Crippen molar-refractivity contribution in [2.24, 2.45) is 0 Å². The molecule has 1 unspecified atom stereocenters. The highest BCUT2D eigenvalue weighted by Gasteiger charge is 2.40. The van der Waals surface area contributed by atoms with Crippen LogP contribution in [0.4, 0.5) is 4.79 Å². The van der Waals surface area contributed by atoms with Crippen LogP contribution >= 0.6 is 0 Å². The molecule has 138 valence electrons. The minimum absolute atomic E-state index is 0.0525. The summed E-state index contributed by atoms with van der Waals surface area (Å²) in [5.41, 5.74) is 0.0733. The first kappa shape index (κ1) is 17.9. The second kappa shape index (κ2) is 7.99. The fourth-order valence-electron chi connectivity index (χ4n) is 4.03. The van der Waals surface area contributed by atoms with Gasteiger partial charge in [0.2, 0.25) is 0 Å². The van der Waals surface area contributed by atoms with Gasteiger partial charge in [0.05, 0.1) is 25.9 Å². The first-order valence-corrected chi connectivity index (χ1v) is 9.25. The highest BCUT2D eigenvalue weighted by atomic mass is 16.5.